The number of rotatable bonds is 3. The zero-order valence-corrected chi connectivity index (χ0v) is 13.0. The average molecular weight is 320 g/mol. The topological polar surface area (TPSA) is 29.1 Å². The minimum absolute atomic E-state index is 0.139. The molecule has 2 atom stereocenters. The number of benzene rings is 2. The summed E-state index contributed by atoms with van der Waals surface area (Å²) in [7, 11) is 0. The van der Waals surface area contributed by atoms with E-state index in [0.29, 0.717) is 0 Å². The van der Waals surface area contributed by atoms with Gasteiger partial charge in [0.15, 0.2) is 0 Å². The largest absolute Gasteiger partial charge is 0.326 e. The van der Waals surface area contributed by atoms with Crippen LogP contribution in [0.2, 0.25) is 0 Å². The van der Waals surface area contributed by atoms with Crippen molar-refractivity contribution < 1.29 is 4.79 Å². The molecule has 1 fully saturated rings. The number of carbonyl (C=O) groups is 1. The molecule has 0 radical (unpaired) electrons. The van der Waals surface area contributed by atoms with E-state index in [-0.39, 0.29) is 11.8 Å². The molecule has 108 valence electrons. The maximum atomic E-state index is 12.4. The zero-order valence-electron chi connectivity index (χ0n) is 11.5. The monoisotopic (exact) mass is 319 g/mol. The Morgan fingerprint density at radius 3 is 2.48 bits per heavy atom. The molecular formula is C17H15Cl2NO. The Kier molecular flexibility index (Phi) is 3.68. The van der Waals surface area contributed by atoms with E-state index in [1.807, 2.05) is 61.5 Å². The molecule has 1 aliphatic rings. The number of aryl methyl sites for hydroxylation is 1. The second-order valence-corrected chi connectivity index (χ2v) is 6.84. The molecule has 2 aromatic carbocycles. The van der Waals surface area contributed by atoms with Crippen LogP contribution in [0.15, 0.2) is 54.6 Å². The van der Waals surface area contributed by atoms with E-state index in [2.05, 4.69) is 5.32 Å². The van der Waals surface area contributed by atoms with E-state index in [0.717, 1.165) is 16.8 Å². The maximum absolute atomic E-state index is 12.4. The summed E-state index contributed by atoms with van der Waals surface area (Å²) in [5.41, 5.74) is 2.85. The van der Waals surface area contributed by atoms with Gasteiger partial charge in [-0.15, -0.1) is 23.2 Å². The summed E-state index contributed by atoms with van der Waals surface area (Å²) in [6, 6.07) is 17.3. The van der Waals surface area contributed by atoms with Crippen molar-refractivity contribution in [1.29, 1.82) is 0 Å². The SMILES string of the molecule is Cc1cccc(NC(=O)[C@H]2[C@@H](c3ccccc3)C2(Cl)Cl)c1. The fourth-order valence-electron chi connectivity index (χ4n) is 2.67. The van der Waals surface area contributed by atoms with Crippen LogP contribution in [-0.2, 0) is 4.79 Å². The zero-order chi connectivity index (χ0) is 15.0. The summed E-state index contributed by atoms with van der Waals surface area (Å²) >= 11 is 12.6. The number of hydrogen-bond acceptors (Lipinski definition) is 1. The van der Waals surface area contributed by atoms with Gasteiger partial charge in [-0.25, -0.2) is 0 Å². The van der Waals surface area contributed by atoms with Crippen molar-refractivity contribution >= 4 is 34.8 Å². The van der Waals surface area contributed by atoms with Crippen LogP contribution in [0.5, 0.6) is 0 Å². The molecule has 0 heterocycles. The van der Waals surface area contributed by atoms with Crippen LogP contribution in [0.25, 0.3) is 0 Å². The third-order valence-electron chi connectivity index (χ3n) is 3.78. The van der Waals surface area contributed by atoms with Crippen molar-refractivity contribution in [2.45, 2.75) is 17.2 Å². The minimum Gasteiger partial charge on any atom is -0.326 e. The van der Waals surface area contributed by atoms with Crippen molar-refractivity contribution in [3.8, 4) is 0 Å². The lowest BCUT2D eigenvalue weighted by Gasteiger charge is -2.05. The normalized spacial score (nSPS) is 22.6. The van der Waals surface area contributed by atoms with Crippen molar-refractivity contribution in [2.75, 3.05) is 5.32 Å². The quantitative estimate of drug-likeness (QED) is 0.828. The van der Waals surface area contributed by atoms with Crippen LogP contribution in [-0.4, -0.2) is 10.2 Å². The fourth-order valence-corrected chi connectivity index (χ4v) is 3.50. The molecule has 1 aliphatic carbocycles. The highest BCUT2D eigenvalue weighted by molar-refractivity contribution is 6.53. The van der Waals surface area contributed by atoms with E-state index >= 15 is 0 Å². The van der Waals surface area contributed by atoms with E-state index < -0.39 is 10.3 Å². The highest BCUT2D eigenvalue weighted by Crippen LogP contribution is 2.65. The number of alkyl halides is 2. The summed E-state index contributed by atoms with van der Waals surface area (Å²) < 4.78 is -1.03. The summed E-state index contributed by atoms with van der Waals surface area (Å²) in [6.07, 6.45) is 0. The third-order valence-corrected chi connectivity index (χ3v) is 4.72. The smallest absolute Gasteiger partial charge is 0.231 e. The van der Waals surface area contributed by atoms with Gasteiger partial charge in [-0.1, -0.05) is 42.5 Å². The molecule has 1 N–H and O–H groups in total. The molecule has 2 nitrogen and oxygen atoms in total. The Bertz CT molecular complexity index is 670. The Balaban J connectivity index is 1.77. The van der Waals surface area contributed by atoms with Crippen LogP contribution in [0.4, 0.5) is 5.69 Å². The van der Waals surface area contributed by atoms with Crippen LogP contribution in [0, 0.1) is 12.8 Å². The molecule has 4 heteroatoms. The second kappa shape index (κ2) is 5.36. The predicted octanol–water partition coefficient (Wildman–Crippen LogP) is 4.52. The third kappa shape index (κ3) is 2.78. The molecule has 3 rings (SSSR count). The van der Waals surface area contributed by atoms with Crippen molar-refractivity contribution in [1.82, 2.24) is 0 Å². The number of hydrogen-bond donors (Lipinski definition) is 1. The summed E-state index contributed by atoms with van der Waals surface area (Å²) in [4.78, 5) is 12.4. The van der Waals surface area contributed by atoms with Gasteiger partial charge in [-0.05, 0) is 30.2 Å². The Hall–Kier alpha value is -1.51. The van der Waals surface area contributed by atoms with Gasteiger partial charge in [0.2, 0.25) is 5.91 Å². The Morgan fingerprint density at radius 2 is 1.81 bits per heavy atom. The van der Waals surface area contributed by atoms with Crippen LogP contribution < -0.4 is 5.32 Å². The summed E-state index contributed by atoms with van der Waals surface area (Å²) in [5, 5.41) is 2.89. The van der Waals surface area contributed by atoms with Gasteiger partial charge in [0.05, 0.1) is 5.92 Å². The van der Waals surface area contributed by atoms with E-state index in [4.69, 9.17) is 23.2 Å². The van der Waals surface area contributed by atoms with Gasteiger partial charge < -0.3 is 5.32 Å². The number of amides is 1. The first-order valence-corrected chi connectivity index (χ1v) is 7.56. The molecule has 1 amide bonds. The summed E-state index contributed by atoms with van der Waals surface area (Å²) in [5.74, 6) is -0.727. The van der Waals surface area contributed by atoms with Crippen LogP contribution >= 0.6 is 23.2 Å². The van der Waals surface area contributed by atoms with Gasteiger partial charge >= 0.3 is 0 Å². The van der Waals surface area contributed by atoms with E-state index in [1.54, 1.807) is 0 Å². The molecule has 1 saturated carbocycles. The van der Waals surface area contributed by atoms with Gasteiger partial charge in [-0.3, -0.25) is 4.79 Å². The van der Waals surface area contributed by atoms with Gasteiger partial charge in [0.25, 0.3) is 0 Å². The maximum Gasteiger partial charge on any atom is 0.231 e. The molecule has 21 heavy (non-hydrogen) atoms. The Morgan fingerprint density at radius 1 is 1.10 bits per heavy atom. The first-order chi connectivity index (χ1) is 10.00. The van der Waals surface area contributed by atoms with Crippen molar-refractivity contribution in [3.05, 3.63) is 65.7 Å². The predicted molar refractivity (Wildman–Crippen MR) is 86.9 cm³/mol. The van der Waals surface area contributed by atoms with Gasteiger partial charge in [0.1, 0.15) is 4.33 Å². The van der Waals surface area contributed by atoms with Crippen molar-refractivity contribution in [3.63, 3.8) is 0 Å². The molecule has 0 aromatic heterocycles. The molecule has 2 aromatic rings. The number of carbonyl (C=O) groups excluding carboxylic acids is 1. The standard InChI is InChI=1S/C17H15Cl2NO/c1-11-6-5-9-13(10-11)20-16(21)15-14(17(15,18)19)12-7-3-2-4-8-12/h2-10,14-15H,1H3,(H,20,21)/t14-,15-/m1/s1. The van der Waals surface area contributed by atoms with E-state index in [1.165, 1.54) is 0 Å². The second-order valence-electron chi connectivity index (χ2n) is 5.40. The van der Waals surface area contributed by atoms with Crippen LogP contribution in [0.3, 0.4) is 0 Å². The average Bonchev–Trinajstić information content (AvgIpc) is 3.03. The van der Waals surface area contributed by atoms with Gasteiger partial charge in [-0.2, -0.15) is 0 Å². The minimum atomic E-state index is -1.03. The number of anilines is 1. The number of halogens is 2. The molecule has 0 unspecified atom stereocenters. The molecular weight excluding hydrogens is 305 g/mol. The molecule has 0 saturated heterocycles. The Labute approximate surface area is 134 Å². The summed E-state index contributed by atoms with van der Waals surface area (Å²) in [6.45, 7) is 1.98. The first kappa shape index (κ1) is 14.4. The lowest BCUT2D eigenvalue weighted by atomic mass is 10.1. The molecule has 0 aliphatic heterocycles. The van der Waals surface area contributed by atoms with Gasteiger partial charge in [0, 0.05) is 11.6 Å². The first-order valence-electron chi connectivity index (χ1n) is 6.80. The van der Waals surface area contributed by atoms with Crippen LogP contribution in [0.1, 0.15) is 17.0 Å². The fraction of sp³-hybridized carbons (Fsp3) is 0.235. The lowest BCUT2D eigenvalue weighted by molar-refractivity contribution is -0.117. The highest BCUT2D eigenvalue weighted by Gasteiger charge is 2.67. The van der Waals surface area contributed by atoms with E-state index in [9.17, 15) is 4.79 Å². The molecule has 0 spiro atoms. The molecule has 0 bridgehead atoms. The van der Waals surface area contributed by atoms with Crippen molar-refractivity contribution in [2.24, 2.45) is 5.92 Å². The number of nitrogens with one attached hydrogen (secondary N) is 1. The lowest BCUT2D eigenvalue weighted by Crippen LogP contribution is -2.17. The highest BCUT2D eigenvalue weighted by atomic mass is 35.5.